The van der Waals surface area contributed by atoms with Gasteiger partial charge in [0.15, 0.2) is 0 Å². The van der Waals surface area contributed by atoms with Crippen molar-refractivity contribution >= 4 is 34.8 Å². The number of alkyl halides is 9. The van der Waals surface area contributed by atoms with E-state index in [9.17, 15) is 58.3 Å². The highest BCUT2D eigenvalue weighted by Crippen LogP contribution is 2.59. The van der Waals surface area contributed by atoms with Crippen molar-refractivity contribution in [3.63, 3.8) is 0 Å². The summed E-state index contributed by atoms with van der Waals surface area (Å²) in [5, 5.41) is 0. The van der Waals surface area contributed by atoms with Crippen molar-refractivity contribution in [1.82, 2.24) is 4.90 Å². The molecule has 2 aromatic rings. The number of likely N-dealkylation sites (N-methyl/N-ethyl adjacent to an activating group) is 1. The van der Waals surface area contributed by atoms with Gasteiger partial charge in [-0.3, -0.25) is 14.4 Å². The molecule has 3 amide bonds. The predicted octanol–water partition coefficient (Wildman–Crippen LogP) is 5.78. The van der Waals surface area contributed by atoms with Gasteiger partial charge >= 0.3 is 18.5 Å². The zero-order valence-corrected chi connectivity index (χ0v) is 23.1. The lowest BCUT2D eigenvalue weighted by atomic mass is 9.93. The number of hydrogen-bond donors (Lipinski definition) is 1. The Hall–Kier alpha value is -4.05. The number of hydrogen-bond acceptors (Lipinski definition) is 4. The Labute approximate surface area is 243 Å². The number of rotatable bonds is 5. The van der Waals surface area contributed by atoms with Crippen molar-refractivity contribution < 1.29 is 58.3 Å². The predicted molar refractivity (Wildman–Crippen MR) is 135 cm³/mol. The lowest BCUT2D eigenvalue weighted by molar-refractivity contribution is -0.203. The van der Waals surface area contributed by atoms with Crippen LogP contribution in [0.1, 0.15) is 37.8 Å². The minimum Gasteiger partial charge on any atom is -0.368 e. The molecule has 1 atom stereocenters. The second-order valence-electron chi connectivity index (χ2n) is 11.1. The molecule has 7 nitrogen and oxygen atoms in total. The van der Waals surface area contributed by atoms with E-state index in [1.807, 2.05) is 0 Å². The van der Waals surface area contributed by atoms with E-state index >= 15 is 0 Å². The van der Waals surface area contributed by atoms with Crippen molar-refractivity contribution in [3.05, 3.63) is 53.3 Å². The quantitative estimate of drug-likeness (QED) is 0.419. The Morgan fingerprint density at radius 3 is 1.84 bits per heavy atom. The third kappa shape index (κ3) is 5.51. The fourth-order valence-electron chi connectivity index (χ4n) is 5.09. The van der Waals surface area contributed by atoms with Gasteiger partial charge < -0.3 is 20.4 Å². The Morgan fingerprint density at radius 1 is 0.886 bits per heavy atom. The van der Waals surface area contributed by atoms with Crippen LogP contribution in [0.25, 0.3) is 0 Å². The Kier molecular flexibility index (Phi) is 7.66. The molecule has 0 radical (unpaired) electrons. The molecule has 1 heterocycles. The molecule has 1 saturated carbocycles. The number of nitrogens with two attached hydrogens (primary N) is 1. The summed E-state index contributed by atoms with van der Waals surface area (Å²) in [4.78, 5) is 41.7. The van der Waals surface area contributed by atoms with Crippen LogP contribution in [0.5, 0.6) is 0 Å². The molecule has 0 aromatic heterocycles. The number of carbonyl (C=O) groups excluding carboxylic acids is 3. The maximum atomic E-state index is 14.4. The zero-order chi connectivity index (χ0) is 33.4. The normalized spacial score (nSPS) is 18.9. The Bertz CT molecular complexity index is 1480. The molecule has 1 aliphatic carbocycles. The Balaban J connectivity index is 2.02. The lowest BCUT2D eigenvalue weighted by Crippen LogP contribution is -2.67. The minimum atomic E-state index is -5.31. The van der Waals surface area contributed by atoms with Crippen molar-refractivity contribution in [2.75, 3.05) is 23.4 Å². The van der Waals surface area contributed by atoms with Crippen molar-refractivity contribution in [3.8, 4) is 0 Å². The molecule has 0 saturated heterocycles. The number of nitrogens with zero attached hydrogens (tertiary/aromatic N) is 3. The number of carbonyl (C=O) groups is 3. The first-order valence-electron chi connectivity index (χ1n) is 12.8. The molecule has 1 aliphatic heterocycles. The van der Waals surface area contributed by atoms with Crippen LogP contribution >= 0.6 is 0 Å². The zero-order valence-electron chi connectivity index (χ0n) is 23.1. The molecule has 0 bridgehead atoms. The van der Waals surface area contributed by atoms with Gasteiger partial charge in [-0.15, -0.1) is 0 Å². The number of fused-ring (bicyclic) bond motifs is 1. The van der Waals surface area contributed by atoms with Crippen LogP contribution in [-0.2, 0) is 26.7 Å². The number of benzene rings is 2. The number of halogens is 10. The van der Waals surface area contributed by atoms with Crippen LogP contribution in [0.15, 0.2) is 36.4 Å². The van der Waals surface area contributed by atoms with E-state index in [1.165, 1.54) is 0 Å². The van der Waals surface area contributed by atoms with Gasteiger partial charge in [0.25, 0.3) is 5.91 Å². The standard InChI is InChI=1S/C27H24F10N4O3/c1-23(2,21(38)43)41(22(44)24(6-7-24)27(35,36)37)19-12-40(17-5-4-15(28)11-18(17)39(3)20(19)42)16-9-13(25(29,30)31)8-14(10-16)26(32,33)34/h4-5,8-11,19H,6-7,12H2,1-3H3,(H2,38,43)/t19-/m1/s1. The molecule has 1 fully saturated rings. The van der Waals surface area contributed by atoms with E-state index in [0.717, 1.165) is 44.0 Å². The van der Waals surface area contributed by atoms with Gasteiger partial charge in [0.2, 0.25) is 11.8 Å². The van der Waals surface area contributed by atoms with Crippen LogP contribution in [0.3, 0.4) is 0 Å². The van der Waals surface area contributed by atoms with Crippen LogP contribution in [0, 0.1) is 11.2 Å². The SMILES string of the molecule is CN1C(=O)[C@H](N(C(=O)C2(C(F)(F)F)CC2)C(C)(C)C(N)=O)CN(c2cc(C(F)(F)F)cc(C(F)(F)F)c2)c2ccc(F)cc21. The van der Waals surface area contributed by atoms with E-state index in [2.05, 4.69) is 0 Å². The van der Waals surface area contributed by atoms with E-state index in [0.29, 0.717) is 17.0 Å². The summed E-state index contributed by atoms with van der Waals surface area (Å²) in [5.41, 5.74) is -4.99. The molecule has 0 unspecified atom stereocenters. The summed E-state index contributed by atoms with van der Waals surface area (Å²) in [5.74, 6) is -5.31. The summed E-state index contributed by atoms with van der Waals surface area (Å²) in [6.45, 7) is 0.846. The molecule has 2 aliphatic rings. The molecule has 4 rings (SSSR count). The molecule has 2 aromatic carbocycles. The van der Waals surface area contributed by atoms with Gasteiger partial charge in [-0.05, 0) is 63.1 Å². The van der Waals surface area contributed by atoms with Crippen molar-refractivity contribution in [1.29, 1.82) is 0 Å². The summed E-state index contributed by atoms with van der Waals surface area (Å²) in [6.07, 6.45) is -17.2. The van der Waals surface area contributed by atoms with Crippen LogP contribution in [-0.4, -0.2) is 54.0 Å². The Morgan fingerprint density at radius 2 is 1.41 bits per heavy atom. The monoisotopic (exact) mass is 642 g/mol. The summed E-state index contributed by atoms with van der Waals surface area (Å²) in [7, 11) is 1.01. The number of anilines is 3. The van der Waals surface area contributed by atoms with E-state index in [1.54, 1.807) is 0 Å². The minimum absolute atomic E-state index is 0.159. The van der Waals surface area contributed by atoms with Crippen LogP contribution in [0.4, 0.5) is 61.0 Å². The molecule has 2 N–H and O–H groups in total. The number of primary amides is 1. The second kappa shape index (κ2) is 10.3. The first kappa shape index (κ1) is 32.9. The van der Waals surface area contributed by atoms with Gasteiger partial charge in [-0.25, -0.2) is 4.39 Å². The average Bonchev–Trinajstić information content (AvgIpc) is 3.71. The molecule has 17 heteroatoms. The molecular formula is C27H24F10N4O3. The van der Waals surface area contributed by atoms with Gasteiger partial charge in [-0.2, -0.15) is 39.5 Å². The summed E-state index contributed by atoms with van der Waals surface area (Å²) in [6, 6.07) is 0.764. The highest BCUT2D eigenvalue weighted by molar-refractivity contribution is 6.06. The highest BCUT2D eigenvalue weighted by Gasteiger charge is 2.71. The largest absolute Gasteiger partial charge is 0.416 e. The van der Waals surface area contributed by atoms with Gasteiger partial charge in [-0.1, -0.05) is 0 Å². The smallest absolute Gasteiger partial charge is 0.368 e. The van der Waals surface area contributed by atoms with Gasteiger partial charge in [0, 0.05) is 12.7 Å². The topological polar surface area (TPSA) is 87.0 Å². The third-order valence-corrected chi connectivity index (χ3v) is 7.88. The van der Waals surface area contributed by atoms with E-state index in [4.69, 9.17) is 5.73 Å². The molecule has 240 valence electrons. The fraction of sp³-hybridized carbons (Fsp3) is 0.444. The summed E-state index contributed by atoms with van der Waals surface area (Å²) >= 11 is 0. The molecule has 0 spiro atoms. The van der Waals surface area contributed by atoms with Gasteiger partial charge in [0.05, 0.1) is 29.0 Å². The number of amides is 3. The fourth-order valence-corrected chi connectivity index (χ4v) is 5.09. The maximum Gasteiger partial charge on any atom is 0.416 e. The first-order chi connectivity index (χ1) is 19.9. The maximum absolute atomic E-state index is 14.4. The first-order valence-corrected chi connectivity index (χ1v) is 12.8. The molecule has 44 heavy (non-hydrogen) atoms. The van der Waals surface area contributed by atoms with Crippen molar-refractivity contribution in [2.24, 2.45) is 11.1 Å². The van der Waals surface area contributed by atoms with Crippen LogP contribution < -0.4 is 15.5 Å². The van der Waals surface area contributed by atoms with Crippen molar-refractivity contribution in [2.45, 2.75) is 56.8 Å². The van der Waals surface area contributed by atoms with Crippen LogP contribution in [0.2, 0.25) is 0 Å². The van der Waals surface area contributed by atoms with Gasteiger partial charge in [0.1, 0.15) is 22.8 Å². The second-order valence-corrected chi connectivity index (χ2v) is 11.1. The average molecular weight is 642 g/mol. The van der Waals surface area contributed by atoms with E-state index < -0.39 is 101 Å². The lowest BCUT2D eigenvalue weighted by Gasteiger charge is -2.44. The molecular weight excluding hydrogens is 618 g/mol. The summed E-state index contributed by atoms with van der Waals surface area (Å²) < 4.78 is 139. The third-order valence-electron chi connectivity index (χ3n) is 7.88. The van der Waals surface area contributed by atoms with E-state index in [-0.39, 0.29) is 16.7 Å². The highest BCUT2D eigenvalue weighted by atomic mass is 19.4.